The average molecular weight is 458 g/mol. The maximum atomic E-state index is 13.0. The number of aliphatic hydroxyl groups excluding tert-OH is 1. The Kier molecular flexibility index (Phi) is 10.2. The van der Waals surface area contributed by atoms with E-state index >= 15 is 0 Å². The molecule has 1 N–H and O–H groups in total. The molecule has 2 rings (SSSR count). The highest BCUT2D eigenvalue weighted by Gasteiger charge is 2.36. The molecule has 0 aliphatic heterocycles. The van der Waals surface area contributed by atoms with E-state index in [0.717, 1.165) is 42.8 Å². The topological polar surface area (TPSA) is 68.2 Å². The van der Waals surface area contributed by atoms with Gasteiger partial charge in [0.05, 0.1) is 32.8 Å². The Morgan fingerprint density at radius 1 is 1.06 bits per heavy atom. The first-order chi connectivity index (χ1) is 15.8. The number of carbonyl (C=O) groups is 1. The van der Waals surface area contributed by atoms with Crippen molar-refractivity contribution in [1.29, 1.82) is 0 Å². The van der Waals surface area contributed by atoms with Crippen LogP contribution in [0.2, 0.25) is 0 Å². The minimum Gasteiger partial charge on any atom is -0.496 e. The highest BCUT2D eigenvalue weighted by atomic mass is 16.5. The van der Waals surface area contributed by atoms with Crippen LogP contribution in [0, 0.1) is 6.92 Å². The largest absolute Gasteiger partial charge is 0.496 e. The molecule has 0 radical (unpaired) electrons. The normalized spacial score (nSPS) is 13.0. The zero-order chi connectivity index (χ0) is 24.4. The van der Waals surface area contributed by atoms with Crippen molar-refractivity contribution in [1.82, 2.24) is 4.90 Å². The molecule has 1 unspecified atom stereocenters. The van der Waals surface area contributed by atoms with E-state index in [1.54, 1.807) is 20.3 Å². The number of aliphatic hydroxyl groups is 1. The van der Waals surface area contributed by atoms with E-state index in [4.69, 9.17) is 14.2 Å². The van der Waals surface area contributed by atoms with Gasteiger partial charge in [-0.15, -0.1) is 0 Å². The predicted molar refractivity (Wildman–Crippen MR) is 131 cm³/mol. The monoisotopic (exact) mass is 457 g/mol. The Hall–Kier alpha value is -2.57. The van der Waals surface area contributed by atoms with Gasteiger partial charge < -0.3 is 24.2 Å². The first kappa shape index (κ1) is 26.7. The van der Waals surface area contributed by atoms with Crippen LogP contribution in [0.5, 0.6) is 11.5 Å². The second-order valence-electron chi connectivity index (χ2n) is 8.70. The van der Waals surface area contributed by atoms with Gasteiger partial charge in [0, 0.05) is 12.1 Å². The summed E-state index contributed by atoms with van der Waals surface area (Å²) in [5.41, 5.74) is 3.08. The quantitative estimate of drug-likeness (QED) is 0.453. The summed E-state index contributed by atoms with van der Waals surface area (Å²) in [6.45, 7) is 7.74. The molecule has 0 bridgehead atoms. The lowest BCUT2D eigenvalue weighted by Gasteiger charge is -2.29. The molecule has 6 heteroatoms. The number of likely N-dealkylation sites (N-methyl/N-ethyl adjacent to an activating group) is 1. The Labute approximate surface area is 198 Å². The molecule has 0 aliphatic rings. The molecule has 0 fully saturated rings. The number of esters is 1. The number of hydrogen-bond donors (Lipinski definition) is 1. The lowest BCUT2D eigenvalue weighted by atomic mass is 9.77. The third-order valence-corrected chi connectivity index (χ3v) is 6.29. The SMILES string of the molecule is CCOC(=O)C(C)(CCCN(C)CCc1ccc(C)c(OC)c1)c1ccc(OC)c(CO)c1. The number of nitrogens with zero attached hydrogens (tertiary/aromatic N) is 1. The second kappa shape index (κ2) is 12.6. The third-order valence-electron chi connectivity index (χ3n) is 6.29. The molecule has 2 aromatic rings. The Morgan fingerprint density at radius 3 is 2.42 bits per heavy atom. The van der Waals surface area contributed by atoms with E-state index < -0.39 is 5.41 Å². The first-order valence-electron chi connectivity index (χ1n) is 11.6. The van der Waals surface area contributed by atoms with Gasteiger partial charge in [0.15, 0.2) is 0 Å². The molecule has 6 nitrogen and oxygen atoms in total. The van der Waals surface area contributed by atoms with Crippen LogP contribution in [0.25, 0.3) is 0 Å². The molecule has 2 aromatic carbocycles. The van der Waals surface area contributed by atoms with Gasteiger partial charge in [0.1, 0.15) is 11.5 Å². The number of aryl methyl sites for hydroxylation is 1. The summed E-state index contributed by atoms with van der Waals surface area (Å²) in [6, 6.07) is 11.9. The van der Waals surface area contributed by atoms with E-state index in [2.05, 4.69) is 30.1 Å². The molecule has 0 saturated heterocycles. The summed E-state index contributed by atoms with van der Waals surface area (Å²) in [6.07, 6.45) is 2.41. The zero-order valence-corrected chi connectivity index (χ0v) is 20.9. The van der Waals surface area contributed by atoms with E-state index in [9.17, 15) is 9.90 Å². The van der Waals surface area contributed by atoms with Crippen LogP contribution in [-0.2, 0) is 28.0 Å². The molecule has 33 heavy (non-hydrogen) atoms. The predicted octanol–water partition coefficient (Wildman–Crippen LogP) is 4.28. The Morgan fingerprint density at radius 2 is 1.79 bits per heavy atom. The minimum absolute atomic E-state index is 0.150. The molecule has 0 amide bonds. The van der Waals surface area contributed by atoms with Crippen molar-refractivity contribution in [2.45, 2.75) is 52.1 Å². The summed E-state index contributed by atoms with van der Waals surface area (Å²) >= 11 is 0. The molecule has 0 saturated carbocycles. The van der Waals surface area contributed by atoms with Crippen LogP contribution in [0.15, 0.2) is 36.4 Å². The van der Waals surface area contributed by atoms with Crippen molar-refractivity contribution in [3.63, 3.8) is 0 Å². The van der Waals surface area contributed by atoms with Crippen molar-refractivity contribution in [3.8, 4) is 11.5 Å². The first-order valence-corrected chi connectivity index (χ1v) is 11.6. The third kappa shape index (κ3) is 6.95. The standard InChI is InChI=1S/C27H39NO5/c1-7-33-26(30)27(3,23-11-12-24(31-5)22(18-23)19-29)14-8-15-28(4)16-13-21-10-9-20(2)25(17-21)32-6/h9-12,17-18,29H,7-8,13-16,19H2,1-6H3. The van der Waals surface area contributed by atoms with E-state index in [0.29, 0.717) is 24.3 Å². The van der Waals surface area contributed by atoms with Crippen LogP contribution in [0.1, 0.15) is 48.9 Å². The maximum absolute atomic E-state index is 13.0. The van der Waals surface area contributed by atoms with Crippen LogP contribution < -0.4 is 9.47 Å². The molecule has 0 aromatic heterocycles. The van der Waals surface area contributed by atoms with Gasteiger partial charge in [0.2, 0.25) is 0 Å². The van der Waals surface area contributed by atoms with Gasteiger partial charge >= 0.3 is 5.97 Å². The van der Waals surface area contributed by atoms with E-state index in [-0.39, 0.29) is 12.6 Å². The van der Waals surface area contributed by atoms with E-state index in [1.807, 2.05) is 32.9 Å². The molecule has 0 aliphatic carbocycles. The highest BCUT2D eigenvalue weighted by molar-refractivity contribution is 5.83. The lowest BCUT2D eigenvalue weighted by Crippen LogP contribution is -2.36. The summed E-state index contributed by atoms with van der Waals surface area (Å²) < 4.78 is 16.2. The zero-order valence-electron chi connectivity index (χ0n) is 20.9. The summed E-state index contributed by atoms with van der Waals surface area (Å²) in [5, 5.41) is 9.72. The van der Waals surface area contributed by atoms with Gasteiger partial charge in [0.25, 0.3) is 0 Å². The summed E-state index contributed by atoms with van der Waals surface area (Å²) in [5.74, 6) is 1.29. The molecular weight excluding hydrogens is 418 g/mol. The number of carbonyl (C=O) groups excluding carboxylic acids is 1. The molecule has 182 valence electrons. The van der Waals surface area contributed by atoms with Crippen LogP contribution in [-0.4, -0.2) is 56.9 Å². The average Bonchev–Trinajstić information content (AvgIpc) is 2.82. The van der Waals surface area contributed by atoms with Crippen molar-refractivity contribution < 1.29 is 24.1 Å². The fourth-order valence-corrected chi connectivity index (χ4v) is 4.05. The smallest absolute Gasteiger partial charge is 0.316 e. The van der Waals surface area contributed by atoms with Crippen molar-refractivity contribution in [2.75, 3.05) is 41.0 Å². The fourth-order valence-electron chi connectivity index (χ4n) is 4.05. The highest BCUT2D eigenvalue weighted by Crippen LogP contribution is 2.34. The van der Waals surface area contributed by atoms with Gasteiger partial charge in [-0.2, -0.15) is 0 Å². The number of hydrogen-bond acceptors (Lipinski definition) is 6. The lowest BCUT2D eigenvalue weighted by molar-refractivity contribution is -0.149. The number of ether oxygens (including phenoxy) is 3. The van der Waals surface area contributed by atoms with Crippen molar-refractivity contribution in [2.24, 2.45) is 0 Å². The van der Waals surface area contributed by atoms with Gasteiger partial charge in [-0.25, -0.2) is 0 Å². The molecule has 0 heterocycles. The van der Waals surface area contributed by atoms with E-state index in [1.165, 1.54) is 5.56 Å². The number of methoxy groups -OCH3 is 2. The number of benzene rings is 2. The Bertz CT molecular complexity index is 913. The fraction of sp³-hybridized carbons (Fsp3) is 0.519. The van der Waals surface area contributed by atoms with Crippen LogP contribution in [0.3, 0.4) is 0 Å². The molecular formula is C27H39NO5. The van der Waals surface area contributed by atoms with Crippen molar-refractivity contribution in [3.05, 3.63) is 58.7 Å². The molecule has 1 atom stereocenters. The van der Waals surface area contributed by atoms with Crippen molar-refractivity contribution >= 4 is 5.97 Å². The Balaban J connectivity index is 2.03. The van der Waals surface area contributed by atoms with Gasteiger partial charge in [-0.3, -0.25) is 4.79 Å². The summed E-state index contributed by atoms with van der Waals surface area (Å²) in [7, 11) is 5.37. The van der Waals surface area contributed by atoms with Gasteiger partial charge in [-0.1, -0.05) is 18.2 Å². The van der Waals surface area contributed by atoms with Crippen LogP contribution >= 0.6 is 0 Å². The van der Waals surface area contributed by atoms with Crippen LogP contribution in [0.4, 0.5) is 0 Å². The van der Waals surface area contributed by atoms with Gasteiger partial charge in [-0.05, 0) is 88.5 Å². The second-order valence-corrected chi connectivity index (χ2v) is 8.70. The molecule has 0 spiro atoms. The summed E-state index contributed by atoms with van der Waals surface area (Å²) in [4.78, 5) is 15.2. The minimum atomic E-state index is -0.794. The maximum Gasteiger partial charge on any atom is 0.316 e. The number of rotatable bonds is 13.